The molecule has 0 aromatic rings. The molecule has 0 spiro atoms. The van der Waals surface area contributed by atoms with Crippen molar-refractivity contribution in [3.8, 4) is 0 Å². The van der Waals surface area contributed by atoms with Crippen LogP contribution in [0.25, 0.3) is 0 Å². The summed E-state index contributed by atoms with van der Waals surface area (Å²) < 4.78 is 0. The summed E-state index contributed by atoms with van der Waals surface area (Å²) in [6.45, 7) is 12.5. The Morgan fingerprint density at radius 3 is 2.53 bits per heavy atom. The first kappa shape index (κ1) is 13.0. The van der Waals surface area contributed by atoms with E-state index in [0.717, 1.165) is 25.0 Å². The fourth-order valence-electron chi connectivity index (χ4n) is 2.58. The summed E-state index contributed by atoms with van der Waals surface area (Å²) in [7, 11) is 0. The van der Waals surface area contributed by atoms with Crippen LogP contribution in [0.5, 0.6) is 0 Å². The van der Waals surface area contributed by atoms with Gasteiger partial charge in [0.25, 0.3) is 0 Å². The van der Waals surface area contributed by atoms with Crippen LogP contribution < -0.4 is 5.73 Å². The molecular weight excluding hydrogens is 184 g/mol. The van der Waals surface area contributed by atoms with Crippen LogP contribution in [-0.4, -0.2) is 30.6 Å². The van der Waals surface area contributed by atoms with Crippen LogP contribution in [0.4, 0.5) is 0 Å². The molecule has 1 heterocycles. The molecule has 1 rings (SSSR count). The van der Waals surface area contributed by atoms with E-state index in [1.54, 1.807) is 0 Å². The Morgan fingerprint density at radius 1 is 1.33 bits per heavy atom. The van der Waals surface area contributed by atoms with Crippen molar-refractivity contribution >= 4 is 0 Å². The molecule has 2 nitrogen and oxygen atoms in total. The molecule has 0 aromatic heterocycles. The monoisotopic (exact) mass is 212 g/mol. The van der Waals surface area contributed by atoms with Gasteiger partial charge in [0.15, 0.2) is 0 Å². The van der Waals surface area contributed by atoms with E-state index in [1.807, 2.05) is 0 Å². The molecule has 0 aromatic carbocycles. The van der Waals surface area contributed by atoms with Crippen molar-refractivity contribution in [2.75, 3.05) is 19.6 Å². The third-order valence-corrected chi connectivity index (χ3v) is 3.62. The highest BCUT2D eigenvalue weighted by Crippen LogP contribution is 2.26. The Bertz CT molecular complexity index is 187. The molecule has 0 amide bonds. The summed E-state index contributed by atoms with van der Waals surface area (Å²) in [5.41, 5.74) is 6.09. The van der Waals surface area contributed by atoms with Crippen LogP contribution in [0.15, 0.2) is 0 Å². The maximum absolute atomic E-state index is 5.82. The number of hydrogen-bond acceptors (Lipinski definition) is 2. The van der Waals surface area contributed by atoms with Crippen LogP contribution in [0, 0.1) is 11.3 Å². The highest BCUT2D eigenvalue weighted by atomic mass is 15.2. The topological polar surface area (TPSA) is 29.3 Å². The van der Waals surface area contributed by atoms with Gasteiger partial charge in [-0.25, -0.2) is 0 Å². The third-order valence-electron chi connectivity index (χ3n) is 3.62. The highest BCUT2D eigenvalue weighted by molar-refractivity contribution is 4.84. The zero-order chi connectivity index (χ0) is 11.5. The van der Waals surface area contributed by atoms with Gasteiger partial charge in [-0.3, -0.25) is 4.90 Å². The van der Waals surface area contributed by atoms with E-state index in [-0.39, 0.29) is 5.41 Å². The van der Waals surface area contributed by atoms with Gasteiger partial charge < -0.3 is 5.73 Å². The van der Waals surface area contributed by atoms with Crippen LogP contribution in [-0.2, 0) is 0 Å². The molecule has 1 unspecified atom stereocenters. The van der Waals surface area contributed by atoms with E-state index >= 15 is 0 Å². The summed E-state index contributed by atoms with van der Waals surface area (Å²) in [6.07, 6.45) is 4.14. The van der Waals surface area contributed by atoms with E-state index in [1.165, 1.54) is 25.8 Å². The number of likely N-dealkylation sites (tertiary alicyclic amines) is 1. The van der Waals surface area contributed by atoms with Crippen molar-refractivity contribution in [1.82, 2.24) is 4.90 Å². The zero-order valence-corrected chi connectivity index (χ0v) is 10.9. The molecule has 1 atom stereocenters. The number of nitrogens with two attached hydrogens (primary N) is 1. The van der Waals surface area contributed by atoms with Gasteiger partial charge in [0, 0.05) is 12.6 Å². The lowest BCUT2D eigenvalue weighted by molar-refractivity contribution is 0.0728. The van der Waals surface area contributed by atoms with Crippen LogP contribution in [0.2, 0.25) is 0 Å². The van der Waals surface area contributed by atoms with Crippen LogP contribution >= 0.6 is 0 Å². The standard InChI is InChI=1S/C13H28N2/c1-11(2)12-7-5-6-8-15(12)10-13(3,4)9-14/h11-12H,5-10,14H2,1-4H3. The van der Waals surface area contributed by atoms with Gasteiger partial charge in [-0.2, -0.15) is 0 Å². The van der Waals surface area contributed by atoms with Gasteiger partial charge in [0.2, 0.25) is 0 Å². The predicted octanol–water partition coefficient (Wildman–Crippen LogP) is 2.48. The Morgan fingerprint density at radius 2 is 2.00 bits per heavy atom. The average molecular weight is 212 g/mol. The third kappa shape index (κ3) is 3.76. The minimum Gasteiger partial charge on any atom is -0.330 e. The predicted molar refractivity (Wildman–Crippen MR) is 66.9 cm³/mol. The normalized spacial score (nSPS) is 24.8. The molecule has 2 N–H and O–H groups in total. The van der Waals surface area contributed by atoms with Gasteiger partial charge in [-0.1, -0.05) is 34.1 Å². The van der Waals surface area contributed by atoms with Crippen molar-refractivity contribution in [3.63, 3.8) is 0 Å². The first-order chi connectivity index (χ1) is 6.96. The molecule has 0 radical (unpaired) electrons. The second-order valence-corrected chi connectivity index (χ2v) is 6.15. The minimum atomic E-state index is 0.268. The molecule has 1 fully saturated rings. The SMILES string of the molecule is CC(C)C1CCCCN1CC(C)(C)CN. The van der Waals surface area contributed by atoms with Gasteiger partial charge in [-0.05, 0) is 37.3 Å². The second-order valence-electron chi connectivity index (χ2n) is 6.15. The summed E-state index contributed by atoms with van der Waals surface area (Å²) >= 11 is 0. The van der Waals surface area contributed by atoms with Gasteiger partial charge in [-0.15, -0.1) is 0 Å². The molecule has 1 aliphatic rings. The molecular formula is C13H28N2. The smallest absolute Gasteiger partial charge is 0.0118 e. The fourth-order valence-corrected chi connectivity index (χ4v) is 2.58. The van der Waals surface area contributed by atoms with Crippen molar-refractivity contribution in [2.45, 2.75) is 53.0 Å². The molecule has 90 valence electrons. The Balaban J connectivity index is 2.57. The zero-order valence-electron chi connectivity index (χ0n) is 10.9. The van der Waals surface area contributed by atoms with Crippen molar-refractivity contribution < 1.29 is 0 Å². The van der Waals surface area contributed by atoms with Crippen molar-refractivity contribution in [2.24, 2.45) is 17.1 Å². The van der Waals surface area contributed by atoms with E-state index in [2.05, 4.69) is 32.6 Å². The lowest BCUT2D eigenvalue weighted by Gasteiger charge is -2.42. The number of hydrogen-bond donors (Lipinski definition) is 1. The van der Waals surface area contributed by atoms with E-state index < -0.39 is 0 Å². The average Bonchev–Trinajstić information content (AvgIpc) is 2.18. The number of piperidine rings is 1. The largest absolute Gasteiger partial charge is 0.330 e. The molecule has 1 saturated heterocycles. The Hall–Kier alpha value is -0.0800. The number of nitrogens with zero attached hydrogens (tertiary/aromatic N) is 1. The van der Waals surface area contributed by atoms with Crippen molar-refractivity contribution in [1.29, 1.82) is 0 Å². The summed E-state index contributed by atoms with van der Waals surface area (Å²) in [5.74, 6) is 0.777. The molecule has 2 heteroatoms. The van der Waals surface area contributed by atoms with Crippen LogP contribution in [0.3, 0.4) is 0 Å². The molecule has 1 aliphatic heterocycles. The molecule has 0 saturated carbocycles. The highest BCUT2D eigenvalue weighted by Gasteiger charge is 2.29. The second kappa shape index (κ2) is 5.31. The molecule has 15 heavy (non-hydrogen) atoms. The van der Waals surface area contributed by atoms with Gasteiger partial charge in [0.05, 0.1) is 0 Å². The minimum absolute atomic E-state index is 0.268. The quantitative estimate of drug-likeness (QED) is 0.776. The van der Waals surface area contributed by atoms with E-state index in [0.29, 0.717) is 0 Å². The van der Waals surface area contributed by atoms with E-state index in [9.17, 15) is 0 Å². The lowest BCUT2D eigenvalue weighted by atomic mass is 9.87. The maximum Gasteiger partial charge on any atom is 0.0118 e. The first-order valence-electron chi connectivity index (χ1n) is 6.40. The number of rotatable bonds is 4. The summed E-state index contributed by atoms with van der Waals surface area (Å²) in [6, 6.07) is 0.782. The van der Waals surface area contributed by atoms with E-state index in [4.69, 9.17) is 5.73 Å². The van der Waals surface area contributed by atoms with Gasteiger partial charge >= 0.3 is 0 Å². The van der Waals surface area contributed by atoms with Crippen LogP contribution in [0.1, 0.15) is 47.0 Å². The fraction of sp³-hybridized carbons (Fsp3) is 1.00. The van der Waals surface area contributed by atoms with Crippen molar-refractivity contribution in [3.05, 3.63) is 0 Å². The summed E-state index contributed by atoms with van der Waals surface area (Å²) in [4.78, 5) is 2.67. The first-order valence-corrected chi connectivity index (χ1v) is 6.40. The maximum atomic E-state index is 5.82. The van der Waals surface area contributed by atoms with Gasteiger partial charge in [0.1, 0.15) is 0 Å². The lowest BCUT2D eigenvalue weighted by Crippen LogP contribution is -2.48. The molecule has 0 aliphatic carbocycles. The Labute approximate surface area is 95.2 Å². The Kier molecular flexibility index (Phi) is 4.60. The molecule has 0 bridgehead atoms. The summed E-state index contributed by atoms with van der Waals surface area (Å²) in [5, 5.41) is 0.